The van der Waals surface area contributed by atoms with E-state index >= 15 is 0 Å². The zero-order chi connectivity index (χ0) is 27.5. The molecule has 2 fully saturated rings. The van der Waals surface area contributed by atoms with Crippen molar-refractivity contribution >= 4 is 27.9 Å². The highest BCUT2D eigenvalue weighted by molar-refractivity contribution is 7.92. The molecule has 0 aromatic heterocycles. The zero-order valence-electron chi connectivity index (χ0n) is 22.2. The normalized spacial score (nSPS) is 33.8. The lowest BCUT2D eigenvalue weighted by Crippen LogP contribution is -2.63. The Balaban J connectivity index is 1.77. The second kappa shape index (κ2) is 9.04. The minimum Gasteiger partial charge on any atom is -0.497 e. The summed E-state index contributed by atoms with van der Waals surface area (Å²) >= 11 is 0. The van der Waals surface area contributed by atoms with Crippen LogP contribution in [0.3, 0.4) is 0 Å². The Morgan fingerprint density at radius 2 is 1.76 bits per heavy atom. The minimum absolute atomic E-state index is 0.0727. The number of sulfone groups is 1. The van der Waals surface area contributed by atoms with Gasteiger partial charge in [-0.1, -0.05) is 31.2 Å². The van der Waals surface area contributed by atoms with Crippen LogP contribution in [-0.2, 0) is 35.4 Å². The van der Waals surface area contributed by atoms with E-state index in [4.69, 9.17) is 9.47 Å². The number of benzene rings is 2. The number of carbonyl (C=O) groups excluding carboxylic acids is 3. The first-order chi connectivity index (χ1) is 18.0. The summed E-state index contributed by atoms with van der Waals surface area (Å²) in [6.07, 6.45) is 2.80. The third-order valence-corrected chi connectivity index (χ3v) is 12.1. The van der Waals surface area contributed by atoms with E-state index in [1.165, 1.54) is 26.0 Å². The molecule has 8 heteroatoms. The van der Waals surface area contributed by atoms with E-state index in [2.05, 4.69) is 0 Å². The van der Waals surface area contributed by atoms with Gasteiger partial charge < -0.3 is 14.3 Å². The number of ketones is 1. The van der Waals surface area contributed by atoms with E-state index < -0.39 is 43.3 Å². The summed E-state index contributed by atoms with van der Waals surface area (Å²) in [5.41, 5.74) is -2.14. The molecule has 202 valence electrons. The van der Waals surface area contributed by atoms with Crippen molar-refractivity contribution in [2.45, 2.75) is 74.5 Å². The molecule has 0 unspecified atom stereocenters. The Bertz CT molecular complexity index is 1400. The number of Topliss-reactive ketones (excluding diaryl/α,β-unsaturated/α-hetero) is 1. The Morgan fingerprint density at radius 3 is 2.37 bits per heavy atom. The molecule has 6 atom stereocenters. The number of fused-ring (bicyclic) bond motifs is 5. The maximum Gasteiger partial charge on any atom is 0.303 e. The smallest absolute Gasteiger partial charge is 0.303 e. The Hall–Kier alpha value is -3.00. The van der Waals surface area contributed by atoms with Crippen molar-refractivity contribution in [1.82, 2.24) is 0 Å². The van der Waals surface area contributed by atoms with Crippen molar-refractivity contribution in [2.75, 3.05) is 7.11 Å². The number of aldehydes is 1. The van der Waals surface area contributed by atoms with Crippen LogP contribution in [0.2, 0.25) is 0 Å². The number of carbonyl (C=O) groups is 3. The SMILES string of the molecule is COc1ccc2c(c1)CC[C@@H]1[C@@H]2CC[C@@]2(C)[C@]1(C=O)[C@H](S(=O)(=O)c1ccccc1)C[C@]2(OC(C)=O)C(C)=O. The van der Waals surface area contributed by atoms with E-state index in [1.807, 2.05) is 18.2 Å². The first kappa shape index (κ1) is 26.6. The van der Waals surface area contributed by atoms with Crippen molar-refractivity contribution < 1.29 is 32.3 Å². The van der Waals surface area contributed by atoms with Gasteiger partial charge in [-0.3, -0.25) is 9.59 Å². The Morgan fingerprint density at radius 1 is 1.05 bits per heavy atom. The Kier molecular flexibility index (Phi) is 6.33. The largest absolute Gasteiger partial charge is 0.497 e. The molecule has 3 aliphatic carbocycles. The van der Waals surface area contributed by atoms with Gasteiger partial charge in [-0.2, -0.15) is 0 Å². The van der Waals surface area contributed by atoms with Crippen LogP contribution in [0, 0.1) is 16.7 Å². The van der Waals surface area contributed by atoms with Crippen molar-refractivity contribution in [1.29, 1.82) is 0 Å². The fraction of sp³-hybridized carbons (Fsp3) is 0.500. The van der Waals surface area contributed by atoms with E-state index in [9.17, 15) is 22.8 Å². The van der Waals surface area contributed by atoms with Gasteiger partial charge in [0.05, 0.1) is 22.7 Å². The summed E-state index contributed by atoms with van der Waals surface area (Å²) in [5.74, 6) is -0.756. The topological polar surface area (TPSA) is 104 Å². The molecule has 0 saturated heterocycles. The number of methoxy groups -OCH3 is 1. The fourth-order valence-corrected chi connectivity index (χ4v) is 10.6. The molecule has 0 bridgehead atoms. The molecular formula is C30H34O7S. The van der Waals surface area contributed by atoms with Gasteiger partial charge in [-0.05, 0) is 79.8 Å². The van der Waals surface area contributed by atoms with E-state index in [0.717, 1.165) is 23.2 Å². The van der Waals surface area contributed by atoms with Crippen LogP contribution in [0.5, 0.6) is 5.75 Å². The molecular weight excluding hydrogens is 504 g/mol. The molecule has 3 aliphatic rings. The highest BCUT2D eigenvalue weighted by atomic mass is 32.2. The third-order valence-electron chi connectivity index (χ3n) is 9.91. The van der Waals surface area contributed by atoms with Gasteiger partial charge in [0.1, 0.15) is 12.0 Å². The maximum absolute atomic E-state index is 14.4. The first-order valence-electron chi connectivity index (χ1n) is 13.1. The maximum atomic E-state index is 14.4. The highest BCUT2D eigenvalue weighted by Crippen LogP contribution is 2.72. The monoisotopic (exact) mass is 538 g/mol. The molecule has 0 radical (unpaired) electrons. The molecule has 0 heterocycles. The van der Waals surface area contributed by atoms with Crippen molar-refractivity contribution in [3.8, 4) is 5.75 Å². The third kappa shape index (κ3) is 3.38. The minimum atomic E-state index is -4.09. The van der Waals surface area contributed by atoms with Gasteiger partial charge in [0.25, 0.3) is 0 Å². The van der Waals surface area contributed by atoms with E-state index in [-0.39, 0.29) is 23.2 Å². The predicted octanol–water partition coefficient (Wildman–Crippen LogP) is 4.46. The van der Waals surface area contributed by atoms with Crippen LogP contribution in [-0.4, -0.2) is 44.4 Å². The van der Waals surface area contributed by atoms with Crippen LogP contribution in [0.15, 0.2) is 53.4 Å². The summed E-state index contributed by atoms with van der Waals surface area (Å²) in [7, 11) is -2.47. The molecule has 0 N–H and O–H groups in total. The molecule has 2 aromatic rings. The molecule has 2 saturated carbocycles. The number of hydrogen-bond donors (Lipinski definition) is 0. The standard InChI is InChI=1S/C30H34O7S/c1-19(32)30(37-20(2)33)17-27(38(34,35)23-8-6-5-7-9-23)29(18-31)26-13-10-21-16-22(36-4)11-12-24(21)25(26)14-15-28(29,30)3/h5-9,11-12,16,18,25-27H,10,13-15,17H2,1-4H3/t25-,26-,27-,28+,29+,30+/m1/s1. The summed E-state index contributed by atoms with van der Waals surface area (Å²) < 4.78 is 40.0. The second-order valence-electron chi connectivity index (χ2n) is 11.3. The molecule has 5 rings (SSSR count). The Labute approximate surface area is 223 Å². The van der Waals surface area contributed by atoms with Gasteiger partial charge in [0.2, 0.25) is 0 Å². The number of esters is 1. The number of aryl methyl sites for hydroxylation is 1. The summed E-state index contributed by atoms with van der Waals surface area (Å²) in [6, 6.07) is 14.0. The van der Waals surface area contributed by atoms with Gasteiger partial charge in [-0.25, -0.2) is 8.42 Å². The zero-order valence-corrected chi connectivity index (χ0v) is 23.0. The second-order valence-corrected chi connectivity index (χ2v) is 13.4. The molecule has 0 amide bonds. The quantitative estimate of drug-likeness (QED) is 0.395. The van der Waals surface area contributed by atoms with Crippen molar-refractivity contribution in [3.63, 3.8) is 0 Å². The highest BCUT2D eigenvalue weighted by Gasteiger charge is 2.79. The van der Waals surface area contributed by atoms with Gasteiger partial charge in [0, 0.05) is 18.8 Å². The lowest BCUT2D eigenvalue weighted by Gasteiger charge is -2.58. The van der Waals surface area contributed by atoms with Crippen LogP contribution >= 0.6 is 0 Å². The van der Waals surface area contributed by atoms with Crippen molar-refractivity contribution in [3.05, 3.63) is 59.7 Å². The van der Waals surface area contributed by atoms with Crippen LogP contribution in [0.25, 0.3) is 0 Å². The average molecular weight is 539 g/mol. The van der Waals surface area contributed by atoms with Crippen LogP contribution in [0.1, 0.15) is 63.5 Å². The molecule has 7 nitrogen and oxygen atoms in total. The average Bonchev–Trinajstić information content (AvgIpc) is 3.15. The molecule has 38 heavy (non-hydrogen) atoms. The van der Waals surface area contributed by atoms with E-state index in [1.54, 1.807) is 32.2 Å². The van der Waals surface area contributed by atoms with E-state index in [0.29, 0.717) is 25.7 Å². The van der Waals surface area contributed by atoms with Crippen molar-refractivity contribution in [2.24, 2.45) is 16.7 Å². The molecule has 0 aliphatic heterocycles. The van der Waals surface area contributed by atoms with Gasteiger partial charge in [0.15, 0.2) is 21.2 Å². The van der Waals surface area contributed by atoms with Crippen LogP contribution in [0.4, 0.5) is 0 Å². The summed E-state index contributed by atoms with van der Waals surface area (Å²) in [6.45, 7) is 4.37. The summed E-state index contributed by atoms with van der Waals surface area (Å²) in [5, 5.41) is -1.23. The fourth-order valence-electron chi connectivity index (χ4n) is 8.25. The predicted molar refractivity (Wildman–Crippen MR) is 141 cm³/mol. The number of hydrogen-bond acceptors (Lipinski definition) is 7. The lowest BCUT2D eigenvalue weighted by atomic mass is 9.45. The molecule has 2 aromatic carbocycles. The number of rotatable bonds is 6. The molecule has 0 spiro atoms. The van der Waals surface area contributed by atoms with Gasteiger partial charge in [-0.15, -0.1) is 0 Å². The van der Waals surface area contributed by atoms with Crippen LogP contribution < -0.4 is 4.74 Å². The van der Waals surface area contributed by atoms with Gasteiger partial charge >= 0.3 is 5.97 Å². The first-order valence-corrected chi connectivity index (χ1v) is 14.7. The number of ether oxygens (including phenoxy) is 2. The lowest BCUT2D eigenvalue weighted by molar-refractivity contribution is -0.192. The summed E-state index contributed by atoms with van der Waals surface area (Å²) in [4.78, 5) is 39.6.